The molecular formula is C14H19N3O2. The minimum atomic E-state index is -0.513. The molecule has 0 radical (unpaired) electrons. The minimum Gasteiger partial charge on any atom is -0.443 e. The summed E-state index contributed by atoms with van der Waals surface area (Å²) in [5, 5.41) is 0. The van der Waals surface area contributed by atoms with Gasteiger partial charge in [0.2, 0.25) is 0 Å². The maximum absolute atomic E-state index is 12.1. The zero-order chi connectivity index (χ0) is 14.0. The molecule has 0 aromatic heterocycles. The number of amidine groups is 1. The van der Waals surface area contributed by atoms with Gasteiger partial charge in [0.25, 0.3) is 0 Å². The van der Waals surface area contributed by atoms with Crippen LogP contribution in [0.15, 0.2) is 29.3 Å². The summed E-state index contributed by atoms with van der Waals surface area (Å²) in [6.45, 7) is 6.66. The van der Waals surface area contributed by atoms with Crippen LogP contribution in [-0.2, 0) is 4.74 Å². The molecule has 1 heterocycles. The summed E-state index contributed by atoms with van der Waals surface area (Å²) >= 11 is 0. The number of aliphatic imine (C=N–C) groups is 1. The van der Waals surface area contributed by atoms with Crippen LogP contribution in [0.25, 0.3) is 0 Å². The molecule has 0 saturated heterocycles. The van der Waals surface area contributed by atoms with Crippen LogP contribution in [0.2, 0.25) is 0 Å². The largest absolute Gasteiger partial charge is 0.443 e. The van der Waals surface area contributed by atoms with E-state index in [1.54, 1.807) is 11.0 Å². The van der Waals surface area contributed by atoms with Gasteiger partial charge in [0.15, 0.2) is 0 Å². The molecule has 2 N–H and O–H groups in total. The van der Waals surface area contributed by atoms with Crippen LogP contribution < -0.4 is 5.73 Å². The molecule has 0 atom stereocenters. The predicted molar refractivity (Wildman–Crippen MR) is 75.2 cm³/mol. The van der Waals surface area contributed by atoms with Crippen molar-refractivity contribution in [3.8, 4) is 0 Å². The summed E-state index contributed by atoms with van der Waals surface area (Å²) < 4.78 is 5.38. The van der Waals surface area contributed by atoms with Gasteiger partial charge in [-0.25, -0.2) is 4.79 Å². The van der Waals surface area contributed by atoms with Gasteiger partial charge in [-0.2, -0.15) is 0 Å². The zero-order valence-corrected chi connectivity index (χ0v) is 11.5. The lowest BCUT2D eigenvalue weighted by atomic mass is 10.2. The number of carbonyl (C=O) groups is 1. The fourth-order valence-electron chi connectivity index (χ4n) is 1.87. The average Bonchev–Trinajstić information content (AvgIpc) is 2.75. The van der Waals surface area contributed by atoms with Crippen molar-refractivity contribution >= 4 is 17.6 Å². The predicted octanol–water partition coefficient (Wildman–Crippen LogP) is 2.27. The van der Waals surface area contributed by atoms with Crippen LogP contribution in [0.3, 0.4) is 0 Å². The smallest absolute Gasteiger partial charge is 0.416 e. The molecular weight excluding hydrogens is 242 g/mol. The van der Waals surface area contributed by atoms with E-state index in [1.165, 1.54) is 0 Å². The van der Waals surface area contributed by atoms with Crippen LogP contribution in [0.4, 0.5) is 10.5 Å². The van der Waals surface area contributed by atoms with Gasteiger partial charge in [-0.1, -0.05) is 12.1 Å². The molecule has 1 aliphatic heterocycles. The number of nitrogens with zero attached hydrogens (tertiary/aromatic N) is 2. The number of nitrogen functional groups attached to an aromatic ring is 1. The number of nitrogens with two attached hydrogens (primary N) is 1. The van der Waals surface area contributed by atoms with Gasteiger partial charge >= 0.3 is 6.09 Å². The SMILES string of the molecule is CC(C)(C)OC(=O)N1CCN=C1c1cccc(N)c1. The highest BCUT2D eigenvalue weighted by molar-refractivity contribution is 6.07. The van der Waals surface area contributed by atoms with E-state index in [2.05, 4.69) is 4.99 Å². The van der Waals surface area contributed by atoms with Crippen molar-refractivity contribution in [2.45, 2.75) is 26.4 Å². The molecule has 5 heteroatoms. The zero-order valence-electron chi connectivity index (χ0n) is 11.5. The molecule has 19 heavy (non-hydrogen) atoms. The summed E-state index contributed by atoms with van der Waals surface area (Å²) in [6, 6.07) is 7.34. The molecule has 0 aliphatic carbocycles. The normalized spacial score (nSPS) is 15.3. The van der Waals surface area contributed by atoms with Gasteiger partial charge in [0.1, 0.15) is 11.4 Å². The fraction of sp³-hybridized carbons (Fsp3) is 0.429. The molecule has 0 saturated carbocycles. The van der Waals surface area contributed by atoms with Gasteiger partial charge in [0.05, 0.1) is 13.1 Å². The Morgan fingerprint density at radius 1 is 1.42 bits per heavy atom. The van der Waals surface area contributed by atoms with Crippen LogP contribution in [-0.4, -0.2) is 35.5 Å². The van der Waals surface area contributed by atoms with Crippen LogP contribution in [0.1, 0.15) is 26.3 Å². The third-order valence-electron chi connectivity index (χ3n) is 2.60. The maximum Gasteiger partial charge on any atom is 0.416 e. The number of benzene rings is 1. The summed E-state index contributed by atoms with van der Waals surface area (Å²) in [6.07, 6.45) is -0.369. The third kappa shape index (κ3) is 3.24. The van der Waals surface area contributed by atoms with Crippen LogP contribution >= 0.6 is 0 Å². The van der Waals surface area contributed by atoms with Crippen molar-refractivity contribution < 1.29 is 9.53 Å². The summed E-state index contributed by atoms with van der Waals surface area (Å²) in [5.41, 5.74) is 6.73. The van der Waals surface area contributed by atoms with Crippen molar-refractivity contribution in [1.82, 2.24) is 4.90 Å². The Bertz CT molecular complexity index is 518. The molecule has 1 aliphatic rings. The van der Waals surface area contributed by atoms with Crippen LogP contribution in [0.5, 0.6) is 0 Å². The Morgan fingerprint density at radius 2 is 2.16 bits per heavy atom. The quantitative estimate of drug-likeness (QED) is 0.788. The highest BCUT2D eigenvalue weighted by atomic mass is 16.6. The van der Waals surface area contributed by atoms with E-state index in [-0.39, 0.29) is 6.09 Å². The Hall–Kier alpha value is -2.04. The lowest BCUT2D eigenvalue weighted by molar-refractivity contribution is 0.0385. The molecule has 5 nitrogen and oxygen atoms in total. The molecule has 0 spiro atoms. The number of amides is 1. The molecule has 102 valence electrons. The molecule has 1 amide bonds. The first-order valence-corrected chi connectivity index (χ1v) is 6.28. The minimum absolute atomic E-state index is 0.369. The second-order valence-electron chi connectivity index (χ2n) is 5.46. The van der Waals surface area contributed by atoms with Crippen molar-refractivity contribution in [3.63, 3.8) is 0 Å². The van der Waals surface area contributed by atoms with Gasteiger partial charge in [-0.05, 0) is 32.9 Å². The molecule has 1 aromatic rings. The molecule has 1 aromatic carbocycles. The van der Waals surface area contributed by atoms with Gasteiger partial charge in [-0.3, -0.25) is 9.89 Å². The number of rotatable bonds is 1. The third-order valence-corrected chi connectivity index (χ3v) is 2.60. The van der Waals surface area contributed by atoms with E-state index in [9.17, 15) is 4.79 Å². The highest BCUT2D eigenvalue weighted by Gasteiger charge is 2.29. The summed E-state index contributed by atoms with van der Waals surface area (Å²) in [5.74, 6) is 0.626. The number of ether oxygens (including phenoxy) is 1. The Kier molecular flexibility index (Phi) is 3.46. The van der Waals surface area contributed by atoms with Gasteiger partial charge < -0.3 is 10.5 Å². The average molecular weight is 261 g/mol. The number of hydrogen-bond donors (Lipinski definition) is 1. The standard InChI is InChI=1S/C14H19N3O2/c1-14(2,3)19-13(18)17-8-7-16-12(17)10-5-4-6-11(15)9-10/h4-6,9H,7-8,15H2,1-3H3. The fourth-order valence-corrected chi connectivity index (χ4v) is 1.87. The molecule has 0 fully saturated rings. The van der Waals surface area contributed by atoms with Crippen molar-refractivity contribution in [2.75, 3.05) is 18.8 Å². The number of carbonyl (C=O) groups excluding carboxylic acids is 1. The maximum atomic E-state index is 12.1. The van der Waals surface area contributed by atoms with E-state index >= 15 is 0 Å². The van der Waals surface area contributed by atoms with Gasteiger partial charge in [0, 0.05) is 11.3 Å². The number of anilines is 1. The first-order chi connectivity index (χ1) is 8.87. The van der Waals surface area contributed by atoms with E-state index in [4.69, 9.17) is 10.5 Å². The first-order valence-electron chi connectivity index (χ1n) is 6.28. The van der Waals surface area contributed by atoms with E-state index in [0.29, 0.717) is 24.6 Å². The van der Waals surface area contributed by atoms with Crippen molar-refractivity contribution in [3.05, 3.63) is 29.8 Å². The summed E-state index contributed by atoms with van der Waals surface area (Å²) in [7, 11) is 0. The topological polar surface area (TPSA) is 67.9 Å². The molecule has 0 bridgehead atoms. The highest BCUT2D eigenvalue weighted by Crippen LogP contribution is 2.17. The lowest BCUT2D eigenvalue weighted by Gasteiger charge is -2.25. The first kappa shape index (κ1) is 13.4. The monoisotopic (exact) mass is 261 g/mol. The Morgan fingerprint density at radius 3 is 2.79 bits per heavy atom. The molecule has 0 unspecified atom stereocenters. The lowest BCUT2D eigenvalue weighted by Crippen LogP contribution is -2.39. The van der Waals surface area contributed by atoms with E-state index in [0.717, 1.165) is 5.56 Å². The second kappa shape index (κ2) is 4.91. The van der Waals surface area contributed by atoms with Gasteiger partial charge in [-0.15, -0.1) is 0 Å². The van der Waals surface area contributed by atoms with Crippen molar-refractivity contribution in [2.24, 2.45) is 4.99 Å². The van der Waals surface area contributed by atoms with E-state index < -0.39 is 5.60 Å². The number of hydrogen-bond acceptors (Lipinski definition) is 4. The Balaban J connectivity index is 2.20. The van der Waals surface area contributed by atoms with E-state index in [1.807, 2.05) is 39.0 Å². The second-order valence-corrected chi connectivity index (χ2v) is 5.46. The molecule has 2 rings (SSSR count). The van der Waals surface area contributed by atoms with Crippen LogP contribution in [0, 0.1) is 0 Å². The Labute approximate surface area is 113 Å². The van der Waals surface area contributed by atoms with Crippen molar-refractivity contribution in [1.29, 1.82) is 0 Å². The summed E-state index contributed by atoms with van der Waals surface area (Å²) in [4.78, 5) is 18.0.